The molecule has 3 aromatic rings. The molecule has 1 saturated heterocycles. The van der Waals surface area contributed by atoms with Gasteiger partial charge in [-0.05, 0) is 93.1 Å². The van der Waals surface area contributed by atoms with Crippen molar-refractivity contribution in [2.75, 3.05) is 18.4 Å². The van der Waals surface area contributed by atoms with Gasteiger partial charge >= 0.3 is 0 Å². The Hall–Kier alpha value is -2.64. The maximum absolute atomic E-state index is 13.9. The van der Waals surface area contributed by atoms with E-state index in [2.05, 4.69) is 15.2 Å². The van der Waals surface area contributed by atoms with Gasteiger partial charge in [0.25, 0.3) is 0 Å². The van der Waals surface area contributed by atoms with E-state index in [0.29, 0.717) is 0 Å². The molecule has 1 saturated carbocycles. The predicted molar refractivity (Wildman–Crippen MR) is 118 cm³/mol. The molecule has 5 rings (SSSR count). The molecule has 2 aromatic carbocycles. The highest BCUT2D eigenvalue weighted by molar-refractivity contribution is 5.82. The van der Waals surface area contributed by atoms with Gasteiger partial charge in [-0.2, -0.15) is 0 Å². The second-order valence-electron chi connectivity index (χ2n) is 8.99. The third kappa shape index (κ3) is 3.84. The number of piperidine rings is 1. The fourth-order valence-electron chi connectivity index (χ4n) is 5.36. The SMILES string of the molecule is OC(Nc1cc(F)cc(F)c1)C1(N2CCC(c3ccnc4ccc(F)cc34)CC2)CCC1. The van der Waals surface area contributed by atoms with Crippen LogP contribution in [0.2, 0.25) is 0 Å². The highest BCUT2D eigenvalue weighted by atomic mass is 19.1. The van der Waals surface area contributed by atoms with Crippen molar-refractivity contribution in [1.29, 1.82) is 0 Å². The maximum atomic E-state index is 13.9. The van der Waals surface area contributed by atoms with Gasteiger partial charge in [-0.25, -0.2) is 13.2 Å². The number of aliphatic hydroxyl groups excluding tert-OH is 1. The number of anilines is 1. The molecular weight excluding hydrogens is 415 g/mol. The monoisotopic (exact) mass is 441 g/mol. The van der Waals surface area contributed by atoms with Crippen molar-refractivity contribution in [3.63, 3.8) is 0 Å². The quantitative estimate of drug-likeness (QED) is 0.536. The Labute approximate surface area is 185 Å². The van der Waals surface area contributed by atoms with Crippen LogP contribution in [0.3, 0.4) is 0 Å². The summed E-state index contributed by atoms with van der Waals surface area (Å²) >= 11 is 0. The Morgan fingerprint density at radius 3 is 2.34 bits per heavy atom. The Kier molecular flexibility index (Phi) is 5.55. The zero-order valence-electron chi connectivity index (χ0n) is 17.7. The molecule has 2 N–H and O–H groups in total. The molecule has 1 unspecified atom stereocenters. The van der Waals surface area contributed by atoms with E-state index in [0.717, 1.165) is 67.7 Å². The summed E-state index contributed by atoms with van der Waals surface area (Å²) in [5.74, 6) is -1.33. The number of hydrogen-bond acceptors (Lipinski definition) is 4. The average molecular weight is 441 g/mol. The number of hydrogen-bond donors (Lipinski definition) is 2. The van der Waals surface area contributed by atoms with Crippen LogP contribution in [-0.4, -0.2) is 39.8 Å². The van der Waals surface area contributed by atoms with Crippen molar-refractivity contribution >= 4 is 16.6 Å². The Bertz CT molecular complexity index is 1110. The lowest BCUT2D eigenvalue weighted by molar-refractivity contribution is -0.0797. The first-order valence-electron chi connectivity index (χ1n) is 11.1. The summed E-state index contributed by atoms with van der Waals surface area (Å²) < 4.78 is 41.0. The van der Waals surface area contributed by atoms with Crippen molar-refractivity contribution in [2.24, 2.45) is 0 Å². The smallest absolute Gasteiger partial charge is 0.143 e. The van der Waals surface area contributed by atoms with Gasteiger partial charge in [0, 0.05) is 23.3 Å². The lowest BCUT2D eigenvalue weighted by atomic mass is 9.72. The number of rotatable bonds is 5. The Morgan fingerprint density at radius 1 is 0.969 bits per heavy atom. The van der Waals surface area contributed by atoms with Crippen LogP contribution in [-0.2, 0) is 0 Å². The molecule has 0 radical (unpaired) electrons. The normalized spacial score (nSPS) is 20.1. The minimum atomic E-state index is -0.926. The second kappa shape index (κ2) is 8.37. The summed E-state index contributed by atoms with van der Waals surface area (Å²) in [6.45, 7) is 1.58. The van der Waals surface area contributed by atoms with Gasteiger partial charge in [-0.3, -0.25) is 9.88 Å². The number of benzene rings is 2. The number of pyridine rings is 1. The molecule has 7 heteroatoms. The molecule has 1 atom stereocenters. The van der Waals surface area contributed by atoms with Crippen LogP contribution >= 0.6 is 0 Å². The largest absolute Gasteiger partial charge is 0.372 e. The molecule has 1 aliphatic carbocycles. The number of nitrogens with zero attached hydrogens (tertiary/aromatic N) is 2. The van der Waals surface area contributed by atoms with Gasteiger partial charge in [0.15, 0.2) is 0 Å². The van der Waals surface area contributed by atoms with E-state index in [9.17, 15) is 18.3 Å². The number of aromatic nitrogens is 1. The highest BCUT2D eigenvalue weighted by Gasteiger charge is 2.49. The summed E-state index contributed by atoms with van der Waals surface area (Å²) in [6.07, 6.45) is 5.29. The minimum Gasteiger partial charge on any atom is -0.372 e. The summed E-state index contributed by atoms with van der Waals surface area (Å²) in [5.41, 5.74) is 1.70. The van der Waals surface area contributed by atoms with Gasteiger partial charge < -0.3 is 10.4 Å². The maximum Gasteiger partial charge on any atom is 0.143 e. The second-order valence-corrected chi connectivity index (χ2v) is 8.99. The molecule has 2 aliphatic rings. The van der Waals surface area contributed by atoms with Gasteiger partial charge in [0.1, 0.15) is 23.7 Å². The molecule has 32 heavy (non-hydrogen) atoms. The number of halogens is 3. The van der Waals surface area contributed by atoms with Gasteiger partial charge in [-0.15, -0.1) is 0 Å². The van der Waals surface area contributed by atoms with Crippen LogP contribution in [0.15, 0.2) is 48.7 Å². The molecule has 0 bridgehead atoms. The third-order valence-electron chi connectivity index (χ3n) is 7.20. The van der Waals surface area contributed by atoms with Crippen molar-refractivity contribution in [3.05, 3.63) is 71.7 Å². The van der Waals surface area contributed by atoms with Crippen LogP contribution < -0.4 is 5.32 Å². The molecule has 2 heterocycles. The first kappa shape index (κ1) is 21.2. The van der Waals surface area contributed by atoms with E-state index in [1.165, 1.54) is 18.2 Å². The lowest BCUT2D eigenvalue weighted by Gasteiger charge is -2.55. The van der Waals surface area contributed by atoms with E-state index in [1.807, 2.05) is 6.07 Å². The summed E-state index contributed by atoms with van der Waals surface area (Å²) in [4.78, 5) is 6.67. The first-order valence-corrected chi connectivity index (χ1v) is 11.1. The molecule has 1 aliphatic heterocycles. The van der Waals surface area contributed by atoms with Crippen LogP contribution in [0.5, 0.6) is 0 Å². The van der Waals surface area contributed by atoms with Crippen molar-refractivity contribution in [3.8, 4) is 0 Å². The Balaban J connectivity index is 1.31. The number of fused-ring (bicyclic) bond motifs is 1. The van der Waals surface area contributed by atoms with Crippen LogP contribution in [0.1, 0.15) is 43.6 Å². The minimum absolute atomic E-state index is 0.237. The van der Waals surface area contributed by atoms with Gasteiger partial charge in [-0.1, -0.05) is 0 Å². The zero-order valence-corrected chi connectivity index (χ0v) is 17.7. The van der Waals surface area contributed by atoms with E-state index in [1.54, 1.807) is 18.3 Å². The van der Waals surface area contributed by atoms with Crippen molar-refractivity contribution in [1.82, 2.24) is 9.88 Å². The van der Waals surface area contributed by atoms with E-state index >= 15 is 0 Å². The molecular formula is C25H26F3N3O. The third-order valence-corrected chi connectivity index (χ3v) is 7.20. The van der Waals surface area contributed by atoms with E-state index < -0.39 is 23.4 Å². The van der Waals surface area contributed by atoms with E-state index in [4.69, 9.17) is 0 Å². The number of nitrogens with one attached hydrogen (secondary N) is 1. The fourth-order valence-corrected chi connectivity index (χ4v) is 5.36. The van der Waals surface area contributed by atoms with Crippen molar-refractivity contribution in [2.45, 2.75) is 49.8 Å². The van der Waals surface area contributed by atoms with E-state index in [-0.39, 0.29) is 17.4 Å². The zero-order chi connectivity index (χ0) is 22.3. The van der Waals surface area contributed by atoms with Crippen LogP contribution in [0.25, 0.3) is 10.9 Å². The predicted octanol–water partition coefficient (Wildman–Crippen LogP) is 5.18. The summed E-state index contributed by atoms with van der Waals surface area (Å²) in [7, 11) is 0. The molecule has 1 aromatic heterocycles. The highest BCUT2D eigenvalue weighted by Crippen LogP contribution is 2.44. The van der Waals surface area contributed by atoms with Gasteiger partial charge in [0.2, 0.25) is 0 Å². The lowest BCUT2D eigenvalue weighted by Crippen LogP contribution is -2.64. The molecule has 4 nitrogen and oxygen atoms in total. The molecule has 168 valence electrons. The van der Waals surface area contributed by atoms with Gasteiger partial charge in [0.05, 0.1) is 11.1 Å². The fraction of sp³-hybridized carbons (Fsp3) is 0.400. The topological polar surface area (TPSA) is 48.4 Å². The molecule has 0 spiro atoms. The first-order chi connectivity index (χ1) is 15.4. The standard InChI is InChI=1S/C25H26F3N3O/c26-17-2-3-23-22(15-17)21(4-9-29-23)16-5-10-31(11-6-16)25(7-1-8-25)24(32)30-20-13-18(27)12-19(28)14-20/h2-4,9,12-16,24,30,32H,1,5-8,10-11H2. The average Bonchev–Trinajstić information content (AvgIpc) is 2.72. The number of likely N-dealkylation sites (tertiary alicyclic amines) is 1. The summed E-state index contributed by atoms with van der Waals surface area (Å²) in [6, 6.07) is 9.89. The van der Waals surface area contributed by atoms with Crippen molar-refractivity contribution < 1.29 is 18.3 Å². The van der Waals surface area contributed by atoms with Crippen LogP contribution in [0, 0.1) is 17.5 Å². The molecule has 2 fully saturated rings. The Morgan fingerprint density at radius 2 is 1.69 bits per heavy atom. The molecule has 0 amide bonds. The summed E-state index contributed by atoms with van der Waals surface area (Å²) in [5, 5.41) is 14.8. The number of aliphatic hydroxyl groups is 1. The van der Waals surface area contributed by atoms with Crippen LogP contribution in [0.4, 0.5) is 18.9 Å².